The van der Waals surface area contributed by atoms with Crippen molar-refractivity contribution in [3.8, 4) is 0 Å². The van der Waals surface area contributed by atoms with Gasteiger partial charge in [-0.1, -0.05) is 52.2 Å². The van der Waals surface area contributed by atoms with Crippen molar-refractivity contribution in [1.82, 2.24) is 0 Å². The SMILES string of the molecule is CCCC(CCCCC1CCC(C(C)=O)(C(C)C)OC1)c1ccc(F)cc1. The summed E-state index contributed by atoms with van der Waals surface area (Å²) in [6.45, 7) is 8.78. The Kier molecular flexibility index (Phi) is 8.47. The lowest BCUT2D eigenvalue weighted by Gasteiger charge is -2.41. The molecule has 0 spiro atoms. The molecule has 0 N–H and O–H groups in total. The first-order valence-corrected chi connectivity index (χ1v) is 10.8. The van der Waals surface area contributed by atoms with E-state index in [9.17, 15) is 9.18 Å². The fourth-order valence-electron chi connectivity index (χ4n) is 4.59. The number of carbonyl (C=O) groups is 1. The molecule has 0 amide bonds. The third-order valence-electron chi connectivity index (χ3n) is 6.42. The summed E-state index contributed by atoms with van der Waals surface area (Å²) in [6.07, 6.45) is 9.00. The summed E-state index contributed by atoms with van der Waals surface area (Å²) in [5.41, 5.74) is 0.716. The number of Topliss-reactive ketones (excluding diaryl/α,β-unsaturated/α-hetero) is 1. The maximum Gasteiger partial charge on any atom is 0.161 e. The highest BCUT2D eigenvalue weighted by molar-refractivity contribution is 5.85. The second-order valence-corrected chi connectivity index (χ2v) is 8.64. The fraction of sp³-hybridized carbons (Fsp3) is 0.708. The smallest absolute Gasteiger partial charge is 0.161 e. The monoisotopic (exact) mass is 376 g/mol. The molecule has 1 heterocycles. The van der Waals surface area contributed by atoms with Crippen LogP contribution in [0, 0.1) is 17.7 Å². The number of unbranched alkanes of at least 4 members (excludes halogenated alkanes) is 1. The molecule has 0 aromatic heterocycles. The third kappa shape index (κ3) is 5.88. The minimum Gasteiger partial charge on any atom is -0.367 e. The second-order valence-electron chi connectivity index (χ2n) is 8.64. The Morgan fingerprint density at radius 1 is 1.22 bits per heavy atom. The van der Waals surface area contributed by atoms with E-state index in [0.717, 1.165) is 32.1 Å². The number of ether oxygens (including phenoxy) is 1. The summed E-state index contributed by atoms with van der Waals surface area (Å²) in [4.78, 5) is 12.1. The molecular formula is C24H37FO2. The average molecular weight is 377 g/mol. The molecule has 152 valence electrons. The van der Waals surface area contributed by atoms with E-state index in [1.165, 1.54) is 24.8 Å². The summed E-state index contributed by atoms with van der Waals surface area (Å²) in [5.74, 6) is 1.37. The van der Waals surface area contributed by atoms with Crippen LogP contribution in [-0.2, 0) is 9.53 Å². The van der Waals surface area contributed by atoms with Gasteiger partial charge in [-0.05, 0) is 74.5 Å². The molecule has 0 bridgehead atoms. The minimum absolute atomic E-state index is 0.158. The molecule has 0 aliphatic carbocycles. The van der Waals surface area contributed by atoms with Crippen molar-refractivity contribution in [3.63, 3.8) is 0 Å². The Morgan fingerprint density at radius 3 is 2.44 bits per heavy atom. The van der Waals surface area contributed by atoms with Crippen molar-refractivity contribution in [2.75, 3.05) is 6.61 Å². The molecule has 1 fully saturated rings. The highest BCUT2D eigenvalue weighted by atomic mass is 19.1. The van der Waals surface area contributed by atoms with Crippen LogP contribution < -0.4 is 0 Å². The van der Waals surface area contributed by atoms with Gasteiger partial charge in [0, 0.05) is 0 Å². The molecular weight excluding hydrogens is 339 g/mol. The van der Waals surface area contributed by atoms with Gasteiger partial charge < -0.3 is 4.74 Å². The maximum absolute atomic E-state index is 13.2. The predicted octanol–water partition coefficient (Wildman–Crippen LogP) is 6.68. The summed E-state index contributed by atoms with van der Waals surface area (Å²) in [7, 11) is 0. The van der Waals surface area contributed by atoms with Crippen LogP contribution in [0.25, 0.3) is 0 Å². The van der Waals surface area contributed by atoms with Crippen LogP contribution in [0.3, 0.4) is 0 Å². The van der Waals surface area contributed by atoms with E-state index in [0.29, 0.717) is 18.4 Å². The molecule has 1 aliphatic rings. The van der Waals surface area contributed by atoms with E-state index in [1.54, 1.807) is 19.1 Å². The highest BCUT2D eigenvalue weighted by Crippen LogP contribution is 2.37. The van der Waals surface area contributed by atoms with E-state index in [-0.39, 0.29) is 17.5 Å². The van der Waals surface area contributed by atoms with Gasteiger partial charge >= 0.3 is 0 Å². The summed E-state index contributed by atoms with van der Waals surface area (Å²) in [6, 6.07) is 7.04. The molecule has 0 radical (unpaired) electrons. The molecule has 0 saturated carbocycles. The lowest BCUT2D eigenvalue weighted by atomic mass is 9.77. The van der Waals surface area contributed by atoms with Gasteiger partial charge in [-0.15, -0.1) is 0 Å². The quantitative estimate of drug-likeness (QED) is 0.426. The molecule has 3 unspecified atom stereocenters. The van der Waals surface area contributed by atoms with E-state index >= 15 is 0 Å². The second kappa shape index (κ2) is 10.4. The fourth-order valence-corrected chi connectivity index (χ4v) is 4.59. The van der Waals surface area contributed by atoms with Gasteiger partial charge in [0.15, 0.2) is 5.78 Å². The molecule has 3 atom stereocenters. The first-order chi connectivity index (χ1) is 12.9. The molecule has 3 heteroatoms. The zero-order chi connectivity index (χ0) is 19.9. The van der Waals surface area contributed by atoms with Crippen LogP contribution in [0.1, 0.15) is 90.5 Å². The first kappa shape index (κ1) is 22.1. The molecule has 1 aromatic rings. The molecule has 27 heavy (non-hydrogen) atoms. The number of hydrogen-bond acceptors (Lipinski definition) is 2. The van der Waals surface area contributed by atoms with Gasteiger partial charge in [-0.25, -0.2) is 4.39 Å². The number of benzene rings is 1. The highest BCUT2D eigenvalue weighted by Gasteiger charge is 2.43. The van der Waals surface area contributed by atoms with Crippen molar-refractivity contribution in [2.45, 2.75) is 90.6 Å². The number of hydrogen-bond donors (Lipinski definition) is 0. The van der Waals surface area contributed by atoms with Gasteiger partial charge in [-0.2, -0.15) is 0 Å². The lowest BCUT2D eigenvalue weighted by molar-refractivity contribution is -0.163. The largest absolute Gasteiger partial charge is 0.367 e. The molecule has 1 aromatic carbocycles. The van der Waals surface area contributed by atoms with Crippen molar-refractivity contribution in [2.24, 2.45) is 11.8 Å². The number of ketones is 1. The van der Waals surface area contributed by atoms with Gasteiger partial charge in [0.2, 0.25) is 0 Å². The topological polar surface area (TPSA) is 26.3 Å². The Bertz CT molecular complexity index is 571. The summed E-state index contributed by atoms with van der Waals surface area (Å²) >= 11 is 0. The Labute approximate surface area is 164 Å². The summed E-state index contributed by atoms with van der Waals surface area (Å²) in [5, 5.41) is 0. The number of carbonyl (C=O) groups excluding carboxylic acids is 1. The van der Waals surface area contributed by atoms with Crippen molar-refractivity contribution >= 4 is 5.78 Å². The van der Waals surface area contributed by atoms with Gasteiger partial charge in [0.25, 0.3) is 0 Å². The van der Waals surface area contributed by atoms with Crippen LogP contribution in [0.2, 0.25) is 0 Å². The minimum atomic E-state index is -0.550. The van der Waals surface area contributed by atoms with Crippen molar-refractivity contribution in [3.05, 3.63) is 35.6 Å². The Balaban J connectivity index is 1.76. The predicted molar refractivity (Wildman–Crippen MR) is 109 cm³/mol. The lowest BCUT2D eigenvalue weighted by Crippen LogP contribution is -2.49. The molecule has 2 rings (SSSR count). The average Bonchev–Trinajstić information content (AvgIpc) is 2.65. The Hall–Kier alpha value is -1.22. The number of halogens is 1. The molecule has 1 aliphatic heterocycles. The zero-order valence-corrected chi connectivity index (χ0v) is 17.6. The number of rotatable bonds is 10. The molecule has 2 nitrogen and oxygen atoms in total. The zero-order valence-electron chi connectivity index (χ0n) is 17.6. The van der Waals surface area contributed by atoms with Crippen molar-refractivity contribution in [1.29, 1.82) is 0 Å². The van der Waals surface area contributed by atoms with E-state index < -0.39 is 5.60 Å². The van der Waals surface area contributed by atoms with E-state index in [1.807, 2.05) is 12.1 Å². The van der Waals surface area contributed by atoms with Gasteiger partial charge in [0.05, 0.1) is 6.61 Å². The standard InChI is InChI=1S/C24H37FO2/c1-5-8-21(22-11-13-23(25)14-12-22)10-7-6-9-20-15-16-24(18(2)3,19(4)26)27-17-20/h11-14,18,20-21H,5-10,15-17H2,1-4H3. The maximum atomic E-state index is 13.2. The summed E-state index contributed by atoms with van der Waals surface area (Å²) < 4.78 is 19.3. The van der Waals surface area contributed by atoms with E-state index in [4.69, 9.17) is 4.74 Å². The van der Waals surface area contributed by atoms with Gasteiger partial charge in [-0.3, -0.25) is 4.79 Å². The van der Waals surface area contributed by atoms with Crippen LogP contribution in [-0.4, -0.2) is 18.0 Å². The van der Waals surface area contributed by atoms with E-state index in [2.05, 4.69) is 20.8 Å². The third-order valence-corrected chi connectivity index (χ3v) is 6.42. The van der Waals surface area contributed by atoms with Crippen LogP contribution in [0.4, 0.5) is 4.39 Å². The molecule has 1 saturated heterocycles. The van der Waals surface area contributed by atoms with Crippen LogP contribution >= 0.6 is 0 Å². The normalized spacial score (nSPS) is 24.1. The van der Waals surface area contributed by atoms with Gasteiger partial charge in [0.1, 0.15) is 11.4 Å². The Morgan fingerprint density at radius 2 is 1.93 bits per heavy atom. The van der Waals surface area contributed by atoms with Crippen molar-refractivity contribution < 1.29 is 13.9 Å². The van der Waals surface area contributed by atoms with Crippen LogP contribution in [0.15, 0.2) is 24.3 Å². The first-order valence-electron chi connectivity index (χ1n) is 10.8. The van der Waals surface area contributed by atoms with Crippen LogP contribution in [0.5, 0.6) is 0 Å².